The largest absolute Gasteiger partial charge is 0.489 e. The second kappa shape index (κ2) is 10.4. The smallest absolute Gasteiger partial charge is 0.410 e. The van der Waals surface area contributed by atoms with E-state index in [9.17, 15) is 9.59 Å². The van der Waals surface area contributed by atoms with Crippen LogP contribution in [0.15, 0.2) is 54.6 Å². The molecule has 1 heterocycles. The molecule has 7 heteroatoms. The zero-order valence-electron chi connectivity index (χ0n) is 19.2. The van der Waals surface area contributed by atoms with Gasteiger partial charge in [-0.3, -0.25) is 0 Å². The van der Waals surface area contributed by atoms with Gasteiger partial charge in [0.25, 0.3) is 0 Å². The van der Waals surface area contributed by atoms with Gasteiger partial charge in [0.1, 0.15) is 24.1 Å². The summed E-state index contributed by atoms with van der Waals surface area (Å²) >= 11 is 0. The van der Waals surface area contributed by atoms with Gasteiger partial charge in [-0.2, -0.15) is 0 Å². The number of hydrogen-bond donors (Lipinski definition) is 1. The monoisotopic (exact) mass is 440 g/mol. The molecular formula is C25H32N2O5. The van der Waals surface area contributed by atoms with E-state index in [1.54, 1.807) is 4.90 Å². The third kappa shape index (κ3) is 7.18. The predicted molar refractivity (Wildman–Crippen MR) is 121 cm³/mol. The highest BCUT2D eigenvalue weighted by Gasteiger charge is 2.28. The van der Waals surface area contributed by atoms with E-state index in [1.807, 2.05) is 82.3 Å². The van der Waals surface area contributed by atoms with Crippen LogP contribution in [-0.4, -0.2) is 41.9 Å². The molecule has 0 spiro atoms. The van der Waals surface area contributed by atoms with E-state index in [-0.39, 0.29) is 24.8 Å². The number of carbonyl (C=O) groups is 2. The molecule has 1 saturated heterocycles. The summed E-state index contributed by atoms with van der Waals surface area (Å²) in [5.41, 5.74) is 1.37. The number of ether oxygens (including phenoxy) is 3. The highest BCUT2D eigenvalue weighted by Crippen LogP contribution is 2.22. The lowest BCUT2D eigenvalue weighted by Crippen LogP contribution is -2.34. The van der Waals surface area contributed by atoms with E-state index < -0.39 is 11.7 Å². The molecule has 0 saturated carbocycles. The summed E-state index contributed by atoms with van der Waals surface area (Å²) in [6.07, 6.45) is -0.103. The highest BCUT2D eigenvalue weighted by molar-refractivity contribution is 5.68. The lowest BCUT2D eigenvalue weighted by molar-refractivity contribution is 0.0508. The van der Waals surface area contributed by atoms with Gasteiger partial charge in [0, 0.05) is 13.0 Å². The molecule has 1 aliphatic heterocycles. The Morgan fingerprint density at radius 1 is 1.09 bits per heavy atom. The normalized spacial score (nSPS) is 16.9. The van der Waals surface area contributed by atoms with Crippen LogP contribution < -0.4 is 10.1 Å². The van der Waals surface area contributed by atoms with Gasteiger partial charge >= 0.3 is 12.2 Å². The van der Waals surface area contributed by atoms with Gasteiger partial charge < -0.3 is 24.4 Å². The summed E-state index contributed by atoms with van der Waals surface area (Å²) in [6, 6.07) is 17.0. The van der Waals surface area contributed by atoms with Crippen molar-refractivity contribution >= 4 is 12.2 Å². The molecule has 172 valence electrons. The first-order valence-electron chi connectivity index (χ1n) is 10.9. The fourth-order valence-corrected chi connectivity index (χ4v) is 3.40. The van der Waals surface area contributed by atoms with Gasteiger partial charge in [-0.25, -0.2) is 9.59 Å². The van der Waals surface area contributed by atoms with Crippen molar-refractivity contribution in [2.75, 3.05) is 13.1 Å². The fraction of sp³-hybridized carbons (Fsp3) is 0.440. The Morgan fingerprint density at radius 3 is 2.44 bits per heavy atom. The van der Waals surface area contributed by atoms with E-state index in [0.717, 1.165) is 23.3 Å². The molecule has 0 bridgehead atoms. The van der Waals surface area contributed by atoms with Crippen molar-refractivity contribution in [3.05, 3.63) is 65.7 Å². The third-order valence-corrected chi connectivity index (χ3v) is 5.02. The van der Waals surface area contributed by atoms with Crippen molar-refractivity contribution < 1.29 is 23.8 Å². The number of rotatable bonds is 6. The predicted octanol–water partition coefficient (Wildman–Crippen LogP) is 5.06. The molecule has 2 aromatic rings. The summed E-state index contributed by atoms with van der Waals surface area (Å²) in [6.45, 7) is 8.75. The molecule has 2 atom stereocenters. The Labute approximate surface area is 189 Å². The molecule has 2 aromatic carbocycles. The van der Waals surface area contributed by atoms with E-state index in [1.165, 1.54) is 0 Å². The number of likely N-dealkylation sites (tertiary alicyclic amines) is 1. The van der Waals surface area contributed by atoms with Gasteiger partial charge in [0.2, 0.25) is 0 Å². The maximum absolute atomic E-state index is 12.3. The van der Waals surface area contributed by atoms with E-state index in [4.69, 9.17) is 14.2 Å². The van der Waals surface area contributed by atoms with Crippen LogP contribution in [0.25, 0.3) is 0 Å². The fourth-order valence-electron chi connectivity index (χ4n) is 3.40. The van der Waals surface area contributed by atoms with Crippen molar-refractivity contribution in [1.29, 1.82) is 0 Å². The van der Waals surface area contributed by atoms with E-state index in [2.05, 4.69) is 5.32 Å². The van der Waals surface area contributed by atoms with Crippen molar-refractivity contribution in [3.8, 4) is 5.75 Å². The lowest BCUT2D eigenvalue weighted by Gasteiger charge is -2.22. The number of hydrogen-bond acceptors (Lipinski definition) is 5. The molecular weight excluding hydrogens is 408 g/mol. The Hall–Kier alpha value is -3.22. The van der Waals surface area contributed by atoms with Crippen LogP contribution in [0.1, 0.15) is 51.3 Å². The van der Waals surface area contributed by atoms with Crippen LogP contribution in [0.2, 0.25) is 0 Å². The quantitative estimate of drug-likeness (QED) is 0.679. The first-order chi connectivity index (χ1) is 15.2. The van der Waals surface area contributed by atoms with Gasteiger partial charge in [-0.1, -0.05) is 42.5 Å². The number of amides is 2. The van der Waals surface area contributed by atoms with Gasteiger partial charge in [-0.15, -0.1) is 0 Å². The zero-order valence-corrected chi connectivity index (χ0v) is 19.2. The Morgan fingerprint density at radius 2 is 1.78 bits per heavy atom. The molecule has 1 aliphatic rings. The van der Waals surface area contributed by atoms with Crippen LogP contribution in [0, 0.1) is 0 Å². The summed E-state index contributed by atoms with van der Waals surface area (Å²) < 4.78 is 16.7. The molecule has 0 aromatic heterocycles. The van der Waals surface area contributed by atoms with Gasteiger partial charge in [0.15, 0.2) is 0 Å². The number of alkyl carbamates (subject to hydrolysis) is 1. The molecule has 0 aliphatic carbocycles. The second-order valence-corrected chi connectivity index (χ2v) is 8.95. The van der Waals surface area contributed by atoms with Crippen molar-refractivity contribution in [2.24, 2.45) is 0 Å². The minimum atomic E-state index is -0.537. The van der Waals surface area contributed by atoms with E-state index in [0.29, 0.717) is 13.1 Å². The number of carbonyl (C=O) groups excluding carboxylic acids is 2. The Bertz CT molecular complexity index is 893. The average Bonchev–Trinajstić information content (AvgIpc) is 3.20. The highest BCUT2D eigenvalue weighted by atomic mass is 16.6. The third-order valence-electron chi connectivity index (χ3n) is 5.02. The number of benzene rings is 2. The zero-order chi connectivity index (χ0) is 23.1. The average molecular weight is 441 g/mol. The Balaban J connectivity index is 1.44. The summed E-state index contributed by atoms with van der Waals surface area (Å²) in [5, 5.41) is 2.83. The van der Waals surface area contributed by atoms with Crippen LogP contribution in [0.3, 0.4) is 0 Å². The summed E-state index contributed by atoms with van der Waals surface area (Å²) in [7, 11) is 0. The van der Waals surface area contributed by atoms with Crippen LogP contribution >= 0.6 is 0 Å². The maximum Gasteiger partial charge on any atom is 0.410 e. The molecule has 7 nitrogen and oxygen atoms in total. The van der Waals surface area contributed by atoms with Crippen LogP contribution in [0.5, 0.6) is 5.75 Å². The first kappa shape index (κ1) is 23.4. The van der Waals surface area contributed by atoms with E-state index >= 15 is 0 Å². The van der Waals surface area contributed by atoms with Gasteiger partial charge in [0.05, 0.1) is 12.6 Å². The standard InChI is InChI=1S/C25H32N2O5/c1-18(26-23(28)32-25(2,3)4)20-10-12-21(13-11-20)31-22-14-15-27(16-22)24(29)30-17-19-8-6-5-7-9-19/h5-13,18,22H,14-17H2,1-4H3,(H,26,28)/t18-,22+/m0/s1. The van der Waals surface area contributed by atoms with Crippen molar-refractivity contribution in [2.45, 2.75) is 58.5 Å². The molecule has 3 rings (SSSR count). The molecule has 0 radical (unpaired) electrons. The molecule has 1 fully saturated rings. The first-order valence-corrected chi connectivity index (χ1v) is 10.9. The SMILES string of the molecule is C[C@H](NC(=O)OC(C)(C)C)c1ccc(O[C@@H]2CCN(C(=O)OCc3ccccc3)C2)cc1. The maximum atomic E-state index is 12.3. The van der Waals surface area contributed by atoms with Crippen molar-refractivity contribution in [3.63, 3.8) is 0 Å². The molecule has 0 unspecified atom stereocenters. The molecule has 1 N–H and O–H groups in total. The molecule has 2 amide bonds. The summed E-state index contributed by atoms with van der Waals surface area (Å²) in [5.74, 6) is 0.725. The minimum absolute atomic E-state index is 0.0811. The van der Waals surface area contributed by atoms with Gasteiger partial charge in [-0.05, 0) is 51.0 Å². The lowest BCUT2D eigenvalue weighted by atomic mass is 10.1. The summed E-state index contributed by atoms with van der Waals surface area (Å²) in [4.78, 5) is 25.9. The van der Waals surface area contributed by atoms with Crippen molar-refractivity contribution in [1.82, 2.24) is 10.2 Å². The number of nitrogens with zero attached hydrogens (tertiary/aromatic N) is 1. The number of nitrogens with one attached hydrogen (secondary N) is 1. The minimum Gasteiger partial charge on any atom is -0.489 e. The topological polar surface area (TPSA) is 77.1 Å². The second-order valence-electron chi connectivity index (χ2n) is 8.95. The van der Waals surface area contributed by atoms with Crippen LogP contribution in [0.4, 0.5) is 9.59 Å². The van der Waals surface area contributed by atoms with Crippen LogP contribution in [-0.2, 0) is 16.1 Å². The molecule has 32 heavy (non-hydrogen) atoms. The Kier molecular flexibility index (Phi) is 7.62.